The quantitative estimate of drug-likeness (QED) is 0.668. The molecule has 0 atom stereocenters. The van der Waals surface area contributed by atoms with Gasteiger partial charge in [-0.1, -0.05) is 30.3 Å². The van der Waals surface area contributed by atoms with Crippen molar-refractivity contribution in [3.05, 3.63) is 48.0 Å². The molecule has 0 saturated heterocycles. The van der Waals surface area contributed by atoms with Gasteiger partial charge < -0.3 is 5.11 Å². The normalized spacial score (nSPS) is 10.3. The molecule has 92 valence electrons. The third-order valence-electron chi connectivity index (χ3n) is 2.76. The molecule has 0 unspecified atom stereocenters. The molecule has 18 heavy (non-hydrogen) atoms. The maximum absolute atomic E-state index is 11.7. The van der Waals surface area contributed by atoms with E-state index < -0.39 is 0 Å². The van der Waals surface area contributed by atoms with Crippen LogP contribution >= 0.6 is 11.8 Å². The van der Waals surface area contributed by atoms with Crippen LogP contribution in [0.3, 0.4) is 0 Å². The molecular weight excluding hydrogens is 244 g/mol. The summed E-state index contributed by atoms with van der Waals surface area (Å²) < 4.78 is 0. The van der Waals surface area contributed by atoms with E-state index in [0.29, 0.717) is 5.56 Å². The van der Waals surface area contributed by atoms with Gasteiger partial charge in [-0.05, 0) is 36.4 Å². The van der Waals surface area contributed by atoms with Crippen LogP contribution in [0.5, 0.6) is 5.75 Å². The number of benzene rings is 2. The van der Waals surface area contributed by atoms with Crippen molar-refractivity contribution in [1.29, 1.82) is 0 Å². The van der Waals surface area contributed by atoms with Crippen LogP contribution in [0, 0.1) is 0 Å². The number of carbonyl (C=O) groups is 1. The van der Waals surface area contributed by atoms with Gasteiger partial charge in [0.05, 0.1) is 5.56 Å². The predicted octanol–water partition coefficient (Wildman–Crippen LogP) is 3.98. The number of rotatable bonds is 3. The number of carbonyl (C=O) groups excluding carboxylic acids is 1. The van der Waals surface area contributed by atoms with Gasteiger partial charge in [0.15, 0.2) is 5.78 Å². The molecule has 0 aliphatic carbocycles. The molecule has 0 saturated carbocycles. The first-order valence-corrected chi connectivity index (χ1v) is 6.83. The second-order valence-corrected chi connectivity index (χ2v) is 4.87. The van der Waals surface area contributed by atoms with Crippen LogP contribution in [0.4, 0.5) is 0 Å². The van der Waals surface area contributed by atoms with E-state index in [1.807, 2.05) is 42.7 Å². The summed E-state index contributed by atoms with van der Waals surface area (Å²) in [6.07, 6.45) is 1.94. The van der Waals surface area contributed by atoms with Gasteiger partial charge in [0.2, 0.25) is 0 Å². The molecule has 0 bridgehead atoms. The highest BCUT2D eigenvalue weighted by atomic mass is 32.2. The minimum absolute atomic E-state index is 0.0493. The van der Waals surface area contributed by atoms with E-state index in [9.17, 15) is 9.90 Å². The number of phenols is 1. The molecule has 2 nitrogen and oxygen atoms in total. The zero-order valence-corrected chi connectivity index (χ0v) is 11.1. The summed E-state index contributed by atoms with van der Waals surface area (Å²) in [6, 6.07) is 13.2. The Morgan fingerprint density at radius 3 is 2.39 bits per heavy atom. The topological polar surface area (TPSA) is 37.3 Å². The van der Waals surface area contributed by atoms with Crippen LogP contribution in [0.1, 0.15) is 17.3 Å². The molecule has 0 aliphatic heterocycles. The summed E-state index contributed by atoms with van der Waals surface area (Å²) in [5.74, 6) is -0.0767. The molecule has 3 heteroatoms. The van der Waals surface area contributed by atoms with Gasteiger partial charge in [-0.25, -0.2) is 0 Å². The van der Waals surface area contributed by atoms with Gasteiger partial charge in [-0.15, -0.1) is 11.8 Å². The van der Waals surface area contributed by atoms with Crippen molar-refractivity contribution < 1.29 is 9.90 Å². The molecule has 0 aromatic heterocycles. The summed E-state index contributed by atoms with van der Waals surface area (Å²) in [6.45, 7) is 1.47. The summed E-state index contributed by atoms with van der Waals surface area (Å²) in [5.41, 5.74) is 2.11. The molecule has 2 aromatic carbocycles. The Labute approximate surface area is 111 Å². The van der Waals surface area contributed by atoms with Crippen molar-refractivity contribution in [3.8, 4) is 16.9 Å². The highest BCUT2D eigenvalue weighted by Crippen LogP contribution is 2.34. The molecule has 0 spiro atoms. The highest BCUT2D eigenvalue weighted by Gasteiger charge is 2.15. The van der Waals surface area contributed by atoms with E-state index >= 15 is 0 Å². The van der Waals surface area contributed by atoms with E-state index in [1.54, 1.807) is 17.8 Å². The molecule has 0 aliphatic rings. The Balaban J connectivity index is 2.71. The van der Waals surface area contributed by atoms with E-state index in [2.05, 4.69) is 0 Å². The lowest BCUT2D eigenvalue weighted by molar-refractivity contribution is 0.101. The lowest BCUT2D eigenvalue weighted by atomic mass is 9.96. The van der Waals surface area contributed by atoms with Crippen molar-refractivity contribution >= 4 is 17.5 Å². The number of ketones is 1. The summed E-state index contributed by atoms with van der Waals surface area (Å²) in [4.78, 5) is 12.6. The van der Waals surface area contributed by atoms with Gasteiger partial charge in [-0.3, -0.25) is 4.79 Å². The Morgan fingerprint density at radius 1 is 1.17 bits per heavy atom. The molecule has 2 rings (SSSR count). The zero-order chi connectivity index (χ0) is 13.1. The monoisotopic (exact) mass is 258 g/mol. The zero-order valence-electron chi connectivity index (χ0n) is 10.3. The standard InChI is InChI=1S/C15H14O2S/c1-10(16)15-13(11-6-4-3-5-7-11)8-12(18-2)9-14(15)17/h3-9,17H,1-2H3. The minimum atomic E-state index is -0.126. The summed E-state index contributed by atoms with van der Waals surface area (Å²) >= 11 is 1.54. The van der Waals surface area contributed by atoms with Crippen LogP contribution < -0.4 is 0 Å². The van der Waals surface area contributed by atoms with E-state index in [0.717, 1.165) is 16.0 Å². The first-order chi connectivity index (χ1) is 8.63. The first-order valence-electron chi connectivity index (χ1n) is 5.61. The first kappa shape index (κ1) is 12.7. The largest absolute Gasteiger partial charge is 0.507 e. The average molecular weight is 258 g/mol. The van der Waals surface area contributed by atoms with Gasteiger partial charge in [0, 0.05) is 4.90 Å². The number of aromatic hydroxyl groups is 1. The van der Waals surface area contributed by atoms with Crippen molar-refractivity contribution in [2.45, 2.75) is 11.8 Å². The minimum Gasteiger partial charge on any atom is -0.507 e. The van der Waals surface area contributed by atoms with Crippen LogP contribution in [-0.4, -0.2) is 17.1 Å². The summed E-state index contributed by atoms with van der Waals surface area (Å²) in [5, 5.41) is 10.0. The highest BCUT2D eigenvalue weighted by molar-refractivity contribution is 7.98. The van der Waals surface area contributed by atoms with Crippen LogP contribution in [0.25, 0.3) is 11.1 Å². The second-order valence-electron chi connectivity index (χ2n) is 3.99. The molecule has 1 N–H and O–H groups in total. The molecule has 0 fully saturated rings. The third kappa shape index (κ3) is 2.41. The second kappa shape index (κ2) is 5.27. The van der Waals surface area contributed by atoms with Crippen molar-refractivity contribution in [2.24, 2.45) is 0 Å². The fourth-order valence-corrected chi connectivity index (χ4v) is 2.40. The average Bonchev–Trinajstić information content (AvgIpc) is 2.38. The summed E-state index contributed by atoms with van der Waals surface area (Å²) in [7, 11) is 0. The number of Topliss-reactive ketones (excluding diaryl/α,β-unsaturated/α-hetero) is 1. The lowest BCUT2D eigenvalue weighted by Crippen LogP contribution is -1.97. The molecular formula is C15H14O2S. The Bertz CT molecular complexity index is 577. The number of thioether (sulfide) groups is 1. The van der Waals surface area contributed by atoms with Gasteiger partial charge >= 0.3 is 0 Å². The van der Waals surface area contributed by atoms with Crippen LogP contribution in [0.2, 0.25) is 0 Å². The maximum atomic E-state index is 11.7. The van der Waals surface area contributed by atoms with Crippen LogP contribution in [-0.2, 0) is 0 Å². The van der Waals surface area contributed by atoms with Crippen LogP contribution in [0.15, 0.2) is 47.4 Å². The molecule has 0 radical (unpaired) electrons. The van der Waals surface area contributed by atoms with Gasteiger partial charge in [0.25, 0.3) is 0 Å². The SMILES string of the molecule is CSc1cc(O)c(C(C)=O)c(-c2ccccc2)c1. The number of phenolic OH excluding ortho intramolecular Hbond substituents is 1. The Hall–Kier alpha value is -1.74. The maximum Gasteiger partial charge on any atom is 0.164 e. The number of hydrogen-bond acceptors (Lipinski definition) is 3. The van der Waals surface area contributed by atoms with Crippen molar-refractivity contribution in [2.75, 3.05) is 6.26 Å². The van der Waals surface area contributed by atoms with E-state index in [1.165, 1.54) is 6.92 Å². The van der Waals surface area contributed by atoms with Gasteiger partial charge in [0.1, 0.15) is 5.75 Å². The number of hydrogen-bond donors (Lipinski definition) is 1. The van der Waals surface area contributed by atoms with Crippen molar-refractivity contribution in [1.82, 2.24) is 0 Å². The predicted molar refractivity (Wildman–Crippen MR) is 75.3 cm³/mol. The Morgan fingerprint density at radius 2 is 1.83 bits per heavy atom. The van der Waals surface area contributed by atoms with Gasteiger partial charge in [-0.2, -0.15) is 0 Å². The van der Waals surface area contributed by atoms with E-state index in [4.69, 9.17) is 0 Å². The Kier molecular flexibility index (Phi) is 3.72. The van der Waals surface area contributed by atoms with E-state index in [-0.39, 0.29) is 11.5 Å². The fourth-order valence-electron chi connectivity index (χ4n) is 1.93. The molecule has 0 amide bonds. The van der Waals surface area contributed by atoms with Crippen molar-refractivity contribution in [3.63, 3.8) is 0 Å². The fraction of sp³-hybridized carbons (Fsp3) is 0.133. The smallest absolute Gasteiger partial charge is 0.164 e. The lowest BCUT2D eigenvalue weighted by Gasteiger charge is -2.11. The third-order valence-corrected chi connectivity index (χ3v) is 3.47. The molecule has 0 heterocycles. The molecule has 2 aromatic rings.